The predicted octanol–water partition coefficient (Wildman–Crippen LogP) is 2.57. The van der Waals surface area contributed by atoms with Crippen molar-refractivity contribution in [2.75, 3.05) is 20.0 Å². The number of imidazole rings is 1. The molecule has 7 heteroatoms. The Balaban J connectivity index is 2.08. The highest BCUT2D eigenvalue weighted by Crippen LogP contribution is 2.36. The molecule has 0 saturated carbocycles. The highest BCUT2D eigenvalue weighted by Gasteiger charge is 2.13. The summed E-state index contributed by atoms with van der Waals surface area (Å²) in [4.78, 5) is 13.0. The molecule has 0 radical (unpaired) electrons. The van der Waals surface area contributed by atoms with E-state index in [1.54, 1.807) is 32.9 Å². The highest BCUT2D eigenvalue weighted by molar-refractivity contribution is 6.09. The number of fused-ring (bicyclic) bond motifs is 3. The molecule has 0 saturated heterocycles. The van der Waals surface area contributed by atoms with E-state index in [9.17, 15) is 0 Å². The zero-order chi connectivity index (χ0) is 16.7. The Morgan fingerprint density at radius 1 is 1.00 bits per heavy atom. The Morgan fingerprint density at radius 3 is 2.50 bits per heavy atom. The van der Waals surface area contributed by atoms with E-state index in [0.717, 1.165) is 21.7 Å². The highest BCUT2D eigenvalue weighted by atomic mass is 16.5. The fourth-order valence-corrected chi connectivity index (χ4v) is 2.77. The lowest BCUT2D eigenvalue weighted by Crippen LogP contribution is -2.00. The first-order valence-corrected chi connectivity index (χ1v) is 7.30. The lowest BCUT2D eigenvalue weighted by Gasteiger charge is -2.12. The summed E-state index contributed by atoms with van der Waals surface area (Å²) in [6.45, 7) is 0. The number of hydrogen-bond acceptors (Lipinski definition) is 6. The number of hydrogen-bond donors (Lipinski definition) is 1. The number of methoxy groups -OCH3 is 2. The van der Waals surface area contributed by atoms with Crippen LogP contribution in [0, 0.1) is 0 Å². The van der Waals surface area contributed by atoms with Gasteiger partial charge in [0.1, 0.15) is 18.0 Å². The van der Waals surface area contributed by atoms with Gasteiger partial charge in [-0.1, -0.05) is 0 Å². The normalized spacial score (nSPS) is 11.1. The van der Waals surface area contributed by atoms with Crippen LogP contribution in [0.5, 0.6) is 11.5 Å². The molecule has 0 aliphatic heterocycles. The maximum Gasteiger partial charge on any atom is 0.162 e. The largest absolute Gasteiger partial charge is 0.493 e. The molecule has 3 aromatic heterocycles. The van der Waals surface area contributed by atoms with Gasteiger partial charge < -0.3 is 15.2 Å². The van der Waals surface area contributed by atoms with Crippen LogP contribution in [0.3, 0.4) is 0 Å². The van der Waals surface area contributed by atoms with E-state index in [0.29, 0.717) is 23.1 Å². The fraction of sp³-hybridized carbons (Fsp3) is 0.118. The average molecular weight is 321 g/mol. The van der Waals surface area contributed by atoms with Gasteiger partial charge in [0.2, 0.25) is 0 Å². The van der Waals surface area contributed by atoms with Gasteiger partial charge in [0.15, 0.2) is 11.5 Å². The quantitative estimate of drug-likeness (QED) is 0.583. The van der Waals surface area contributed by atoms with E-state index >= 15 is 0 Å². The molecule has 2 N–H and O–H groups in total. The number of nitrogens with zero attached hydrogens (tertiary/aromatic N) is 4. The second-order valence-electron chi connectivity index (χ2n) is 5.28. The van der Waals surface area contributed by atoms with E-state index in [1.165, 1.54) is 0 Å². The van der Waals surface area contributed by atoms with Gasteiger partial charge in [0.25, 0.3) is 0 Å². The van der Waals surface area contributed by atoms with E-state index < -0.39 is 0 Å². The number of pyridine rings is 2. The number of nitrogen functional groups attached to an aromatic ring is 1. The summed E-state index contributed by atoms with van der Waals surface area (Å²) >= 11 is 0. The van der Waals surface area contributed by atoms with Crippen molar-refractivity contribution in [3.05, 3.63) is 43.1 Å². The van der Waals surface area contributed by atoms with Gasteiger partial charge in [-0.2, -0.15) is 0 Å². The first-order valence-electron chi connectivity index (χ1n) is 7.30. The number of benzene rings is 1. The van der Waals surface area contributed by atoms with Crippen LogP contribution in [0.15, 0.2) is 43.1 Å². The summed E-state index contributed by atoms with van der Waals surface area (Å²) < 4.78 is 12.6. The van der Waals surface area contributed by atoms with E-state index in [2.05, 4.69) is 15.0 Å². The average Bonchev–Trinajstić information content (AvgIpc) is 3.14. The fourth-order valence-electron chi connectivity index (χ4n) is 2.77. The van der Waals surface area contributed by atoms with Crippen LogP contribution in [-0.2, 0) is 0 Å². The minimum absolute atomic E-state index is 0.417. The maximum atomic E-state index is 6.14. The first kappa shape index (κ1) is 14.3. The zero-order valence-electron chi connectivity index (χ0n) is 13.2. The molecule has 0 bridgehead atoms. The van der Waals surface area contributed by atoms with Crippen LogP contribution >= 0.6 is 0 Å². The molecule has 24 heavy (non-hydrogen) atoms. The van der Waals surface area contributed by atoms with Crippen molar-refractivity contribution in [2.45, 2.75) is 0 Å². The summed E-state index contributed by atoms with van der Waals surface area (Å²) in [6, 6.07) is 5.71. The molecule has 120 valence electrons. The van der Waals surface area contributed by atoms with Crippen LogP contribution in [-0.4, -0.2) is 33.7 Å². The molecule has 0 atom stereocenters. The Kier molecular flexibility index (Phi) is 3.19. The van der Waals surface area contributed by atoms with Crippen molar-refractivity contribution in [3.8, 4) is 17.3 Å². The summed E-state index contributed by atoms with van der Waals surface area (Å²) in [7, 11) is 3.21. The maximum absolute atomic E-state index is 6.14. The monoisotopic (exact) mass is 321 g/mol. The van der Waals surface area contributed by atoms with E-state index in [1.807, 2.05) is 29.0 Å². The molecule has 4 rings (SSSR count). The molecular weight excluding hydrogens is 306 g/mol. The predicted molar refractivity (Wildman–Crippen MR) is 91.7 cm³/mol. The van der Waals surface area contributed by atoms with Gasteiger partial charge in [-0.05, 0) is 12.1 Å². The summed E-state index contributed by atoms with van der Waals surface area (Å²) in [5.74, 6) is 2.38. The number of rotatable bonds is 3. The smallest absolute Gasteiger partial charge is 0.162 e. The van der Waals surface area contributed by atoms with E-state index in [-0.39, 0.29) is 0 Å². The molecule has 0 spiro atoms. The SMILES string of the molecule is COc1cc2ncc3c(N)nc(-n4ccnc4)cc3c2cc1OC. The molecule has 7 nitrogen and oxygen atoms in total. The van der Waals surface area contributed by atoms with Crippen molar-refractivity contribution < 1.29 is 9.47 Å². The standard InChI is InChI=1S/C17H15N5O2/c1-23-14-5-11-10-6-16(22-4-3-19-9-22)21-17(18)12(10)8-20-13(11)7-15(14)24-2/h3-9H,1-2H3,(H2,18,21). The van der Waals surface area contributed by atoms with Gasteiger partial charge in [0, 0.05) is 40.8 Å². The van der Waals surface area contributed by atoms with Crippen LogP contribution in [0.4, 0.5) is 5.82 Å². The zero-order valence-corrected chi connectivity index (χ0v) is 13.2. The topological polar surface area (TPSA) is 88.1 Å². The van der Waals surface area contributed by atoms with Crippen molar-refractivity contribution in [3.63, 3.8) is 0 Å². The molecule has 0 aliphatic rings. The summed E-state index contributed by atoms with van der Waals surface area (Å²) in [6.07, 6.45) is 6.92. The Hall–Kier alpha value is -3.35. The van der Waals surface area contributed by atoms with E-state index in [4.69, 9.17) is 15.2 Å². The minimum atomic E-state index is 0.417. The molecule has 3 heterocycles. The Labute approximate surface area is 137 Å². The molecule has 0 amide bonds. The van der Waals surface area contributed by atoms with Gasteiger partial charge in [0.05, 0.1) is 19.7 Å². The molecule has 0 unspecified atom stereocenters. The molecule has 4 aromatic rings. The van der Waals surface area contributed by atoms with Gasteiger partial charge >= 0.3 is 0 Å². The van der Waals surface area contributed by atoms with Gasteiger partial charge in [-0.15, -0.1) is 0 Å². The van der Waals surface area contributed by atoms with Crippen molar-refractivity contribution in [1.82, 2.24) is 19.5 Å². The van der Waals surface area contributed by atoms with Crippen LogP contribution in [0.25, 0.3) is 27.5 Å². The van der Waals surface area contributed by atoms with Gasteiger partial charge in [-0.25, -0.2) is 9.97 Å². The number of anilines is 1. The minimum Gasteiger partial charge on any atom is -0.493 e. The molecule has 0 fully saturated rings. The van der Waals surface area contributed by atoms with Crippen LogP contribution in [0.1, 0.15) is 0 Å². The Bertz CT molecular complexity index is 1040. The third-order valence-electron chi connectivity index (χ3n) is 3.97. The molecule has 1 aromatic carbocycles. The second-order valence-corrected chi connectivity index (χ2v) is 5.28. The Morgan fingerprint density at radius 2 is 1.79 bits per heavy atom. The third kappa shape index (κ3) is 2.10. The number of aromatic nitrogens is 4. The van der Waals surface area contributed by atoms with Crippen molar-refractivity contribution in [1.29, 1.82) is 0 Å². The summed E-state index contributed by atoms with van der Waals surface area (Å²) in [5.41, 5.74) is 6.93. The number of nitrogens with two attached hydrogens (primary N) is 1. The number of ether oxygens (including phenoxy) is 2. The third-order valence-corrected chi connectivity index (χ3v) is 3.97. The summed E-state index contributed by atoms with van der Waals surface area (Å²) in [5, 5.41) is 2.65. The van der Waals surface area contributed by atoms with Crippen molar-refractivity contribution >= 4 is 27.5 Å². The lowest BCUT2D eigenvalue weighted by atomic mass is 10.1. The van der Waals surface area contributed by atoms with Crippen LogP contribution < -0.4 is 15.2 Å². The first-order chi connectivity index (χ1) is 11.7. The second kappa shape index (κ2) is 5.38. The lowest BCUT2D eigenvalue weighted by molar-refractivity contribution is 0.356. The molecular formula is C17H15N5O2. The molecule has 0 aliphatic carbocycles. The van der Waals surface area contributed by atoms with Gasteiger partial charge in [-0.3, -0.25) is 9.55 Å². The van der Waals surface area contributed by atoms with Crippen LogP contribution in [0.2, 0.25) is 0 Å². The van der Waals surface area contributed by atoms with Crippen molar-refractivity contribution in [2.24, 2.45) is 0 Å².